The van der Waals surface area contributed by atoms with Gasteiger partial charge >= 0.3 is 5.97 Å². The molecule has 3 rings (SSSR count). The van der Waals surface area contributed by atoms with Gasteiger partial charge in [0.05, 0.1) is 18.5 Å². The first kappa shape index (κ1) is 22.7. The van der Waals surface area contributed by atoms with Gasteiger partial charge in [0.15, 0.2) is 11.6 Å². The van der Waals surface area contributed by atoms with Crippen LogP contribution in [0, 0.1) is 5.92 Å². The molecule has 1 aliphatic rings. The summed E-state index contributed by atoms with van der Waals surface area (Å²) >= 11 is 0. The maximum absolute atomic E-state index is 12.2. The Kier molecular flexibility index (Phi) is 7.55. The van der Waals surface area contributed by atoms with Gasteiger partial charge in [-0.15, -0.1) is 0 Å². The molecule has 0 spiro atoms. The van der Waals surface area contributed by atoms with Gasteiger partial charge in [0.1, 0.15) is 0 Å². The lowest BCUT2D eigenvalue weighted by atomic mass is 9.92. The largest absolute Gasteiger partial charge is 0.495 e. The second-order valence-corrected chi connectivity index (χ2v) is 8.53. The molecule has 0 radical (unpaired) electrons. The highest BCUT2D eigenvalue weighted by Crippen LogP contribution is 2.37. The molecule has 1 aromatic carbocycles. The van der Waals surface area contributed by atoms with Crippen molar-refractivity contribution in [3.63, 3.8) is 0 Å². The van der Waals surface area contributed by atoms with Crippen LogP contribution in [-0.4, -0.2) is 35.8 Å². The standard InChI is InChI=1S/C25H33N3O3/c1-17(2)16-28(20-9-6-5-7-10-20)23-13-12-19(15-22(23)27-18(3)29)21-11-8-14-26-24(21)25(30)31-4/h8,11-15,17,20,27,29H,3,5-7,9-10,16H2,1-2,4H3. The van der Waals surface area contributed by atoms with Crippen molar-refractivity contribution in [3.8, 4) is 11.1 Å². The summed E-state index contributed by atoms with van der Waals surface area (Å²) in [5, 5.41) is 13.0. The van der Waals surface area contributed by atoms with Crippen LogP contribution in [0.5, 0.6) is 0 Å². The summed E-state index contributed by atoms with van der Waals surface area (Å²) in [7, 11) is 1.35. The number of aliphatic hydroxyl groups is 1. The molecule has 0 atom stereocenters. The van der Waals surface area contributed by atoms with Crippen molar-refractivity contribution in [3.05, 3.63) is 54.7 Å². The molecule has 1 aromatic heterocycles. The van der Waals surface area contributed by atoms with Crippen LogP contribution in [0.1, 0.15) is 56.4 Å². The first-order chi connectivity index (χ1) is 14.9. The summed E-state index contributed by atoms with van der Waals surface area (Å²) in [4.78, 5) is 18.9. The average Bonchev–Trinajstić information content (AvgIpc) is 2.77. The fourth-order valence-corrected chi connectivity index (χ4v) is 4.34. The normalized spacial score (nSPS) is 14.3. The first-order valence-electron chi connectivity index (χ1n) is 11.0. The lowest BCUT2D eigenvalue weighted by Gasteiger charge is -2.38. The molecular weight excluding hydrogens is 390 g/mol. The summed E-state index contributed by atoms with van der Waals surface area (Å²) in [6, 6.07) is 10.1. The number of carbonyl (C=O) groups is 1. The fourth-order valence-electron chi connectivity index (χ4n) is 4.34. The molecule has 2 aromatic rings. The van der Waals surface area contributed by atoms with Crippen LogP contribution >= 0.6 is 0 Å². The van der Waals surface area contributed by atoms with Gasteiger partial charge in [0.25, 0.3) is 0 Å². The lowest BCUT2D eigenvalue weighted by molar-refractivity contribution is 0.0595. The number of esters is 1. The van der Waals surface area contributed by atoms with E-state index < -0.39 is 5.97 Å². The summed E-state index contributed by atoms with van der Waals surface area (Å²) in [6.07, 6.45) is 7.69. The van der Waals surface area contributed by atoms with Crippen LogP contribution in [0.3, 0.4) is 0 Å². The molecule has 1 saturated carbocycles. The Labute approximate surface area is 185 Å². The number of pyridine rings is 1. The van der Waals surface area contributed by atoms with E-state index in [1.54, 1.807) is 12.3 Å². The quantitative estimate of drug-likeness (QED) is 0.415. The number of rotatable bonds is 8. The molecule has 1 fully saturated rings. The first-order valence-corrected chi connectivity index (χ1v) is 11.0. The Morgan fingerprint density at radius 3 is 2.68 bits per heavy atom. The number of nitrogens with zero attached hydrogens (tertiary/aromatic N) is 2. The van der Waals surface area contributed by atoms with Crippen molar-refractivity contribution in [2.75, 3.05) is 23.9 Å². The van der Waals surface area contributed by atoms with Crippen LogP contribution in [0.25, 0.3) is 11.1 Å². The van der Waals surface area contributed by atoms with E-state index in [-0.39, 0.29) is 11.6 Å². The number of carbonyl (C=O) groups excluding carboxylic acids is 1. The number of benzene rings is 1. The number of hydrogen-bond donors (Lipinski definition) is 2. The molecule has 0 bridgehead atoms. The van der Waals surface area contributed by atoms with Crippen LogP contribution in [0.2, 0.25) is 0 Å². The molecule has 1 heterocycles. The number of ether oxygens (including phenoxy) is 1. The Bertz CT molecular complexity index is 920. The van der Waals surface area contributed by atoms with Gasteiger partial charge < -0.3 is 20.1 Å². The van der Waals surface area contributed by atoms with Crippen LogP contribution in [-0.2, 0) is 4.74 Å². The lowest BCUT2D eigenvalue weighted by Crippen LogP contribution is -2.39. The van der Waals surface area contributed by atoms with Gasteiger partial charge in [-0.05, 0) is 49.1 Å². The molecule has 2 N–H and O–H groups in total. The maximum atomic E-state index is 12.2. The topological polar surface area (TPSA) is 74.7 Å². The molecule has 0 unspecified atom stereocenters. The molecule has 1 aliphatic carbocycles. The molecule has 6 nitrogen and oxygen atoms in total. The van der Waals surface area contributed by atoms with Crippen molar-refractivity contribution in [1.29, 1.82) is 0 Å². The Morgan fingerprint density at radius 1 is 1.29 bits per heavy atom. The number of aliphatic hydroxyl groups excluding tert-OH is 1. The van der Waals surface area contributed by atoms with Crippen molar-refractivity contribution < 1.29 is 14.6 Å². The number of hydrogen-bond acceptors (Lipinski definition) is 6. The van der Waals surface area contributed by atoms with Crippen molar-refractivity contribution in [1.82, 2.24) is 4.98 Å². The summed E-state index contributed by atoms with van der Waals surface area (Å²) in [5.74, 6) is -0.105. The molecular formula is C25H33N3O3. The van der Waals surface area contributed by atoms with Crippen LogP contribution in [0.15, 0.2) is 49.0 Å². The summed E-state index contributed by atoms with van der Waals surface area (Å²) < 4.78 is 4.90. The minimum atomic E-state index is -0.482. The van der Waals surface area contributed by atoms with Gasteiger partial charge in [-0.2, -0.15) is 0 Å². The Hall–Kier alpha value is -3.02. The molecule has 31 heavy (non-hydrogen) atoms. The predicted octanol–water partition coefficient (Wildman–Crippen LogP) is 5.77. The van der Waals surface area contributed by atoms with Crippen LogP contribution < -0.4 is 10.2 Å². The van der Waals surface area contributed by atoms with E-state index in [9.17, 15) is 9.90 Å². The van der Waals surface area contributed by atoms with Crippen molar-refractivity contribution >= 4 is 17.3 Å². The van der Waals surface area contributed by atoms with E-state index in [0.717, 1.165) is 23.5 Å². The van der Waals surface area contributed by atoms with Crippen molar-refractivity contribution in [2.24, 2.45) is 5.92 Å². The highest BCUT2D eigenvalue weighted by molar-refractivity contribution is 5.96. The monoisotopic (exact) mass is 423 g/mol. The van der Waals surface area contributed by atoms with Gasteiger partial charge in [-0.1, -0.05) is 45.2 Å². The van der Waals surface area contributed by atoms with E-state index in [0.29, 0.717) is 17.5 Å². The van der Waals surface area contributed by atoms with E-state index in [1.165, 1.54) is 39.2 Å². The number of nitrogens with one attached hydrogen (secondary N) is 1. The molecule has 0 amide bonds. The Morgan fingerprint density at radius 2 is 2.03 bits per heavy atom. The van der Waals surface area contributed by atoms with E-state index >= 15 is 0 Å². The zero-order chi connectivity index (χ0) is 22.4. The average molecular weight is 424 g/mol. The maximum Gasteiger partial charge on any atom is 0.357 e. The second-order valence-electron chi connectivity index (χ2n) is 8.53. The van der Waals surface area contributed by atoms with Gasteiger partial charge in [-0.3, -0.25) is 0 Å². The van der Waals surface area contributed by atoms with Crippen LogP contribution in [0.4, 0.5) is 11.4 Å². The minimum absolute atomic E-state index is 0.120. The van der Waals surface area contributed by atoms with Gasteiger partial charge in [0, 0.05) is 24.3 Å². The summed E-state index contributed by atoms with van der Waals surface area (Å²) in [6.45, 7) is 9.00. The van der Waals surface area contributed by atoms with E-state index in [1.807, 2.05) is 18.2 Å². The highest BCUT2D eigenvalue weighted by atomic mass is 16.5. The third-order valence-electron chi connectivity index (χ3n) is 5.66. The second kappa shape index (κ2) is 10.3. The van der Waals surface area contributed by atoms with Gasteiger partial charge in [0.2, 0.25) is 0 Å². The zero-order valence-electron chi connectivity index (χ0n) is 18.7. The highest BCUT2D eigenvalue weighted by Gasteiger charge is 2.25. The molecule has 6 heteroatoms. The summed E-state index contributed by atoms with van der Waals surface area (Å²) in [5.41, 5.74) is 3.55. The zero-order valence-corrected chi connectivity index (χ0v) is 18.7. The molecule has 0 aliphatic heterocycles. The minimum Gasteiger partial charge on any atom is -0.495 e. The number of aromatic nitrogens is 1. The van der Waals surface area contributed by atoms with Crippen molar-refractivity contribution in [2.45, 2.75) is 52.0 Å². The van der Waals surface area contributed by atoms with E-state index in [4.69, 9.17) is 4.74 Å². The smallest absolute Gasteiger partial charge is 0.357 e. The fraction of sp³-hybridized carbons (Fsp3) is 0.440. The number of methoxy groups -OCH3 is 1. The molecule has 0 saturated heterocycles. The Balaban J connectivity index is 2.07. The third kappa shape index (κ3) is 5.57. The van der Waals surface area contributed by atoms with Gasteiger partial charge in [-0.25, -0.2) is 9.78 Å². The van der Waals surface area contributed by atoms with E-state index in [2.05, 4.69) is 41.7 Å². The third-order valence-corrected chi connectivity index (χ3v) is 5.66. The predicted molar refractivity (Wildman–Crippen MR) is 125 cm³/mol. The molecule has 166 valence electrons. The SMILES string of the molecule is C=C(O)Nc1cc(-c2cccnc2C(=O)OC)ccc1N(CC(C)C)C1CCCCC1. The number of anilines is 2.